The first-order chi connectivity index (χ1) is 8.47. The van der Waals surface area contributed by atoms with Gasteiger partial charge in [0.15, 0.2) is 0 Å². The third-order valence-corrected chi connectivity index (χ3v) is 3.60. The number of nitriles is 1. The van der Waals surface area contributed by atoms with Crippen molar-refractivity contribution >= 4 is 11.8 Å². The summed E-state index contributed by atoms with van der Waals surface area (Å²) in [6, 6.07) is 9.27. The zero-order chi connectivity index (χ0) is 13.6. The Kier molecular flexibility index (Phi) is 5.64. The van der Waals surface area contributed by atoms with Crippen LogP contribution in [0.4, 0.5) is 4.39 Å². The zero-order valence-corrected chi connectivity index (χ0v) is 11.9. The first-order valence-corrected chi connectivity index (χ1v) is 7.02. The second-order valence-corrected chi connectivity index (χ2v) is 5.91. The molecule has 0 aromatic heterocycles. The molecular weight excluding hydrogens is 247 g/mol. The van der Waals surface area contributed by atoms with Crippen LogP contribution in [0.2, 0.25) is 0 Å². The highest BCUT2D eigenvalue weighted by Gasteiger charge is 2.23. The van der Waals surface area contributed by atoms with E-state index >= 15 is 0 Å². The van der Waals surface area contributed by atoms with Gasteiger partial charge in [-0.25, -0.2) is 4.39 Å². The number of hydrogen-bond donors (Lipinski definition) is 1. The molecule has 1 N–H and O–H groups in total. The average molecular weight is 266 g/mol. The Morgan fingerprint density at radius 3 is 2.67 bits per heavy atom. The van der Waals surface area contributed by atoms with E-state index in [1.54, 1.807) is 12.1 Å². The van der Waals surface area contributed by atoms with Crippen molar-refractivity contribution in [2.45, 2.75) is 43.7 Å². The van der Waals surface area contributed by atoms with Gasteiger partial charge in [0.2, 0.25) is 0 Å². The molecule has 1 rings (SSSR count). The minimum absolute atomic E-state index is 0.196. The molecular formula is C14H19FN2S. The van der Waals surface area contributed by atoms with Gasteiger partial charge in [-0.15, -0.1) is 11.8 Å². The smallest absolute Gasteiger partial charge is 0.136 e. The molecule has 98 valence electrons. The standard InChI is InChI=1S/C14H19FN2S/c1-11(2)17-14(3,10-16)8-9-18-13-7-5-4-6-12(13)15/h4-7,11,17H,8-9H2,1-3H3. The van der Waals surface area contributed by atoms with Gasteiger partial charge in [0.25, 0.3) is 0 Å². The first kappa shape index (κ1) is 15.0. The number of nitrogens with zero attached hydrogens (tertiary/aromatic N) is 1. The highest BCUT2D eigenvalue weighted by molar-refractivity contribution is 7.99. The van der Waals surface area contributed by atoms with Crippen LogP contribution in [0.5, 0.6) is 0 Å². The summed E-state index contributed by atoms with van der Waals surface area (Å²) in [7, 11) is 0. The van der Waals surface area contributed by atoms with E-state index in [4.69, 9.17) is 0 Å². The molecule has 0 radical (unpaired) electrons. The fourth-order valence-electron chi connectivity index (χ4n) is 1.72. The molecule has 0 saturated carbocycles. The maximum atomic E-state index is 13.4. The van der Waals surface area contributed by atoms with E-state index < -0.39 is 5.54 Å². The van der Waals surface area contributed by atoms with Gasteiger partial charge in [0, 0.05) is 16.7 Å². The molecule has 0 amide bonds. The molecule has 0 spiro atoms. The van der Waals surface area contributed by atoms with Crippen molar-refractivity contribution in [1.29, 1.82) is 5.26 Å². The van der Waals surface area contributed by atoms with E-state index in [9.17, 15) is 9.65 Å². The van der Waals surface area contributed by atoms with Gasteiger partial charge in [-0.3, -0.25) is 5.32 Å². The monoisotopic (exact) mass is 266 g/mol. The molecule has 0 saturated heterocycles. The van der Waals surface area contributed by atoms with Crippen LogP contribution >= 0.6 is 11.8 Å². The second-order valence-electron chi connectivity index (χ2n) is 4.77. The highest BCUT2D eigenvalue weighted by atomic mass is 32.2. The van der Waals surface area contributed by atoms with E-state index in [0.717, 1.165) is 0 Å². The fraction of sp³-hybridized carbons (Fsp3) is 0.500. The molecule has 0 bridgehead atoms. The molecule has 1 unspecified atom stereocenters. The Morgan fingerprint density at radius 1 is 1.44 bits per heavy atom. The van der Waals surface area contributed by atoms with E-state index in [2.05, 4.69) is 11.4 Å². The predicted molar refractivity (Wildman–Crippen MR) is 74.0 cm³/mol. The van der Waals surface area contributed by atoms with Crippen LogP contribution in [-0.2, 0) is 0 Å². The maximum Gasteiger partial charge on any atom is 0.136 e. The van der Waals surface area contributed by atoms with Crippen LogP contribution in [0.3, 0.4) is 0 Å². The van der Waals surface area contributed by atoms with Crippen LogP contribution in [0, 0.1) is 17.1 Å². The van der Waals surface area contributed by atoms with Gasteiger partial charge >= 0.3 is 0 Å². The molecule has 1 aromatic rings. The molecule has 1 atom stereocenters. The number of hydrogen-bond acceptors (Lipinski definition) is 3. The Balaban J connectivity index is 2.50. The Labute approximate surface area is 113 Å². The molecule has 0 aliphatic rings. The number of benzene rings is 1. The molecule has 0 aliphatic carbocycles. The van der Waals surface area contributed by atoms with E-state index in [1.165, 1.54) is 17.8 Å². The quantitative estimate of drug-likeness (QED) is 0.799. The van der Waals surface area contributed by atoms with Crippen molar-refractivity contribution in [1.82, 2.24) is 5.32 Å². The minimum Gasteiger partial charge on any atom is -0.297 e. The molecule has 4 heteroatoms. The van der Waals surface area contributed by atoms with Crippen molar-refractivity contribution in [3.05, 3.63) is 30.1 Å². The lowest BCUT2D eigenvalue weighted by molar-refractivity contribution is 0.397. The van der Waals surface area contributed by atoms with Crippen LogP contribution < -0.4 is 5.32 Å². The van der Waals surface area contributed by atoms with E-state index in [1.807, 2.05) is 26.8 Å². The summed E-state index contributed by atoms with van der Waals surface area (Å²) < 4.78 is 13.4. The third kappa shape index (κ3) is 4.67. The topological polar surface area (TPSA) is 35.8 Å². The molecule has 1 aromatic carbocycles. The van der Waals surface area contributed by atoms with Crippen LogP contribution in [0.1, 0.15) is 27.2 Å². The molecule has 0 aliphatic heterocycles. The predicted octanol–water partition coefficient (Wildman–Crippen LogP) is 3.59. The lowest BCUT2D eigenvalue weighted by Gasteiger charge is -2.25. The summed E-state index contributed by atoms with van der Waals surface area (Å²) in [4.78, 5) is 0.641. The molecule has 18 heavy (non-hydrogen) atoms. The van der Waals surface area contributed by atoms with Crippen LogP contribution in [0.15, 0.2) is 29.2 Å². The van der Waals surface area contributed by atoms with Crippen molar-refractivity contribution in [3.8, 4) is 6.07 Å². The summed E-state index contributed by atoms with van der Waals surface area (Å²) in [5.41, 5.74) is -0.549. The van der Waals surface area contributed by atoms with E-state index in [-0.39, 0.29) is 11.9 Å². The summed E-state index contributed by atoms with van der Waals surface area (Å²) in [6.07, 6.45) is 0.681. The van der Waals surface area contributed by atoms with Gasteiger partial charge in [0.05, 0.1) is 6.07 Å². The lowest BCUT2D eigenvalue weighted by Crippen LogP contribution is -2.45. The summed E-state index contributed by atoms with van der Waals surface area (Å²) in [6.45, 7) is 5.91. The van der Waals surface area contributed by atoms with Crippen LogP contribution in [-0.4, -0.2) is 17.3 Å². The van der Waals surface area contributed by atoms with Crippen molar-refractivity contribution in [2.75, 3.05) is 5.75 Å². The molecule has 0 fully saturated rings. The Bertz CT molecular complexity index is 428. The first-order valence-electron chi connectivity index (χ1n) is 6.03. The van der Waals surface area contributed by atoms with Crippen molar-refractivity contribution in [2.24, 2.45) is 0 Å². The van der Waals surface area contributed by atoms with Crippen molar-refractivity contribution < 1.29 is 4.39 Å². The fourth-order valence-corrected chi connectivity index (χ4v) is 2.84. The van der Waals surface area contributed by atoms with Gasteiger partial charge in [-0.2, -0.15) is 5.26 Å². The number of thioether (sulfide) groups is 1. The minimum atomic E-state index is -0.549. The zero-order valence-electron chi connectivity index (χ0n) is 11.0. The normalized spacial score (nSPS) is 14.2. The number of nitrogens with one attached hydrogen (secondary N) is 1. The SMILES string of the molecule is CC(C)NC(C)(C#N)CCSc1ccccc1F. The Morgan fingerprint density at radius 2 is 2.11 bits per heavy atom. The molecule has 2 nitrogen and oxygen atoms in total. The Hall–Kier alpha value is -1.05. The van der Waals surface area contributed by atoms with Gasteiger partial charge in [0.1, 0.15) is 11.4 Å². The average Bonchev–Trinajstić information content (AvgIpc) is 2.31. The maximum absolute atomic E-state index is 13.4. The molecule has 0 heterocycles. The van der Waals surface area contributed by atoms with Crippen molar-refractivity contribution in [3.63, 3.8) is 0 Å². The van der Waals surface area contributed by atoms with Gasteiger partial charge in [-0.1, -0.05) is 12.1 Å². The highest BCUT2D eigenvalue weighted by Crippen LogP contribution is 2.24. The van der Waals surface area contributed by atoms with E-state index in [0.29, 0.717) is 17.1 Å². The number of halogens is 1. The lowest BCUT2D eigenvalue weighted by atomic mass is 10.0. The number of rotatable bonds is 6. The summed E-state index contributed by atoms with van der Waals surface area (Å²) in [5.74, 6) is 0.517. The van der Waals surface area contributed by atoms with Crippen LogP contribution in [0.25, 0.3) is 0 Å². The largest absolute Gasteiger partial charge is 0.297 e. The summed E-state index contributed by atoms with van der Waals surface area (Å²) >= 11 is 1.45. The van der Waals surface area contributed by atoms with Gasteiger partial charge < -0.3 is 0 Å². The summed E-state index contributed by atoms with van der Waals surface area (Å²) in [5, 5.41) is 12.4. The van der Waals surface area contributed by atoms with Gasteiger partial charge in [-0.05, 0) is 39.3 Å². The third-order valence-electron chi connectivity index (χ3n) is 2.55. The second kappa shape index (κ2) is 6.77.